The Labute approximate surface area is 156 Å². The number of benzene rings is 1. The molecule has 1 N–H and O–H groups in total. The summed E-state index contributed by atoms with van der Waals surface area (Å²) in [6, 6.07) is 16.1. The Bertz CT molecular complexity index is 1060. The molecule has 0 spiro atoms. The van der Waals surface area contributed by atoms with Crippen LogP contribution in [0.25, 0.3) is 16.9 Å². The van der Waals surface area contributed by atoms with E-state index in [0.29, 0.717) is 11.4 Å². The molecule has 0 aliphatic heterocycles. The molecule has 0 aliphatic carbocycles. The monoisotopic (exact) mass is 361 g/mol. The van der Waals surface area contributed by atoms with Crippen molar-refractivity contribution in [3.05, 3.63) is 81.8 Å². The summed E-state index contributed by atoms with van der Waals surface area (Å²) in [7, 11) is 0. The second kappa shape index (κ2) is 6.77. The first-order valence-corrected chi connectivity index (χ1v) is 9.36. The van der Waals surface area contributed by atoms with Crippen molar-refractivity contribution < 1.29 is 4.79 Å². The van der Waals surface area contributed by atoms with E-state index >= 15 is 0 Å². The number of aryl methyl sites for hydroxylation is 2. The van der Waals surface area contributed by atoms with Crippen LogP contribution in [-0.2, 0) is 6.54 Å². The first-order chi connectivity index (χ1) is 12.6. The summed E-state index contributed by atoms with van der Waals surface area (Å²) in [5.41, 5.74) is 6.18. The van der Waals surface area contributed by atoms with E-state index < -0.39 is 0 Å². The molecular formula is C21H19N3OS. The van der Waals surface area contributed by atoms with Gasteiger partial charge in [0.05, 0.1) is 22.8 Å². The second-order valence-corrected chi connectivity index (χ2v) is 7.32. The molecule has 4 nitrogen and oxygen atoms in total. The van der Waals surface area contributed by atoms with Crippen LogP contribution in [-0.4, -0.2) is 15.3 Å². The molecule has 0 unspecified atom stereocenters. The number of carbonyl (C=O) groups is 1. The standard InChI is InChI=1S/C21H19N3OS/c1-14-5-8-16(9-6-14)20-17(12-22-21(25)18-4-3-11-26-18)24-13-15(2)7-10-19(24)23-20/h3-11,13H,12H2,1-2H3,(H,22,25). The Hall–Kier alpha value is -2.92. The number of rotatable bonds is 4. The molecule has 4 aromatic rings. The van der Waals surface area contributed by atoms with Gasteiger partial charge in [0.1, 0.15) is 5.65 Å². The molecule has 0 aliphatic rings. The van der Waals surface area contributed by atoms with Crippen molar-refractivity contribution in [3.8, 4) is 11.3 Å². The van der Waals surface area contributed by atoms with Crippen LogP contribution >= 0.6 is 11.3 Å². The fourth-order valence-electron chi connectivity index (χ4n) is 2.97. The van der Waals surface area contributed by atoms with Gasteiger partial charge in [0.25, 0.3) is 5.91 Å². The molecule has 26 heavy (non-hydrogen) atoms. The predicted molar refractivity (Wildman–Crippen MR) is 106 cm³/mol. The van der Waals surface area contributed by atoms with Crippen LogP contribution in [0.15, 0.2) is 60.1 Å². The van der Waals surface area contributed by atoms with Crippen molar-refractivity contribution in [3.63, 3.8) is 0 Å². The van der Waals surface area contributed by atoms with Crippen LogP contribution in [0.2, 0.25) is 0 Å². The minimum absolute atomic E-state index is 0.0579. The molecule has 0 saturated heterocycles. The maximum atomic E-state index is 12.4. The third-order valence-corrected chi connectivity index (χ3v) is 5.22. The van der Waals surface area contributed by atoms with Gasteiger partial charge < -0.3 is 9.72 Å². The summed E-state index contributed by atoms with van der Waals surface area (Å²) in [5.74, 6) is -0.0579. The van der Waals surface area contributed by atoms with Crippen molar-refractivity contribution in [1.29, 1.82) is 0 Å². The summed E-state index contributed by atoms with van der Waals surface area (Å²) in [6.45, 7) is 4.54. The lowest BCUT2D eigenvalue weighted by atomic mass is 10.1. The van der Waals surface area contributed by atoms with Gasteiger partial charge in [0.15, 0.2) is 0 Å². The number of nitrogens with one attached hydrogen (secondary N) is 1. The van der Waals surface area contributed by atoms with Gasteiger partial charge in [-0.15, -0.1) is 11.3 Å². The normalized spacial score (nSPS) is 11.0. The first-order valence-electron chi connectivity index (χ1n) is 8.48. The van der Waals surface area contributed by atoms with Crippen molar-refractivity contribution in [1.82, 2.24) is 14.7 Å². The third-order valence-electron chi connectivity index (χ3n) is 4.35. The molecule has 0 atom stereocenters. The summed E-state index contributed by atoms with van der Waals surface area (Å²) >= 11 is 1.44. The summed E-state index contributed by atoms with van der Waals surface area (Å²) in [5, 5.41) is 4.94. The first kappa shape index (κ1) is 16.5. The number of amides is 1. The molecule has 3 heterocycles. The number of fused-ring (bicyclic) bond motifs is 1. The number of imidazole rings is 1. The molecular weight excluding hydrogens is 342 g/mol. The van der Waals surface area contributed by atoms with E-state index in [2.05, 4.69) is 60.1 Å². The van der Waals surface area contributed by atoms with Crippen molar-refractivity contribution in [2.75, 3.05) is 0 Å². The Kier molecular flexibility index (Phi) is 4.31. The largest absolute Gasteiger partial charge is 0.346 e. The minimum Gasteiger partial charge on any atom is -0.346 e. The third kappa shape index (κ3) is 3.13. The number of pyridine rings is 1. The van der Waals surface area contributed by atoms with Crippen molar-refractivity contribution >= 4 is 22.9 Å². The molecule has 5 heteroatoms. The molecule has 4 rings (SSSR count). The zero-order valence-electron chi connectivity index (χ0n) is 14.7. The van der Waals surface area contributed by atoms with Gasteiger partial charge in [-0.05, 0) is 36.9 Å². The lowest BCUT2D eigenvalue weighted by Crippen LogP contribution is -2.23. The summed E-state index contributed by atoms with van der Waals surface area (Å²) in [4.78, 5) is 17.9. The van der Waals surface area contributed by atoms with Crippen LogP contribution in [0.4, 0.5) is 0 Å². The van der Waals surface area contributed by atoms with Crippen LogP contribution in [0.1, 0.15) is 26.5 Å². The van der Waals surface area contributed by atoms with Crippen LogP contribution in [0.3, 0.4) is 0 Å². The lowest BCUT2D eigenvalue weighted by molar-refractivity contribution is 0.0954. The lowest BCUT2D eigenvalue weighted by Gasteiger charge is -2.08. The van der Waals surface area contributed by atoms with Crippen molar-refractivity contribution in [2.45, 2.75) is 20.4 Å². The van der Waals surface area contributed by atoms with E-state index in [4.69, 9.17) is 4.98 Å². The summed E-state index contributed by atoms with van der Waals surface area (Å²) < 4.78 is 2.07. The van der Waals surface area contributed by atoms with E-state index in [1.165, 1.54) is 16.9 Å². The molecule has 1 aromatic carbocycles. The fraction of sp³-hybridized carbons (Fsp3) is 0.143. The Morgan fingerprint density at radius 1 is 1.08 bits per heavy atom. The number of hydrogen-bond acceptors (Lipinski definition) is 3. The van der Waals surface area contributed by atoms with Crippen LogP contribution < -0.4 is 5.32 Å². The molecule has 130 valence electrons. The van der Waals surface area contributed by atoms with Crippen LogP contribution in [0, 0.1) is 13.8 Å². The average Bonchev–Trinajstić information content (AvgIpc) is 3.28. The average molecular weight is 361 g/mol. The van der Waals surface area contributed by atoms with Gasteiger partial charge in [-0.3, -0.25) is 4.79 Å². The Morgan fingerprint density at radius 3 is 2.58 bits per heavy atom. The molecule has 0 saturated carbocycles. The fourth-order valence-corrected chi connectivity index (χ4v) is 3.61. The van der Waals surface area contributed by atoms with E-state index in [9.17, 15) is 4.79 Å². The highest BCUT2D eigenvalue weighted by Gasteiger charge is 2.16. The van der Waals surface area contributed by atoms with E-state index in [1.54, 1.807) is 0 Å². The highest BCUT2D eigenvalue weighted by molar-refractivity contribution is 7.12. The van der Waals surface area contributed by atoms with E-state index in [1.807, 2.05) is 23.6 Å². The van der Waals surface area contributed by atoms with Gasteiger partial charge >= 0.3 is 0 Å². The van der Waals surface area contributed by atoms with E-state index in [-0.39, 0.29) is 5.91 Å². The van der Waals surface area contributed by atoms with Crippen LogP contribution in [0.5, 0.6) is 0 Å². The zero-order valence-corrected chi connectivity index (χ0v) is 15.5. The molecule has 3 aromatic heterocycles. The second-order valence-electron chi connectivity index (χ2n) is 6.37. The summed E-state index contributed by atoms with van der Waals surface area (Å²) in [6.07, 6.45) is 2.06. The number of thiophene rings is 1. The van der Waals surface area contributed by atoms with Gasteiger partial charge in [-0.1, -0.05) is 42.0 Å². The highest BCUT2D eigenvalue weighted by atomic mass is 32.1. The molecule has 0 fully saturated rings. The maximum absolute atomic E-state index is 12.4. The predicted octanol–water partition coefficient (Wildman–Crippen LogP) is 4.61. The smallest absolute Gasteiger partial charge is 0.261 e. The zero-order chi connectivity index (χ0) is 18.1. The maximum Gasteiger partial charge on any atom is 0.261 e. The quantitative estimate of drug-likeness (QED) is 0.577. The number of hydrogen-bond donors (Lipinski definition) is 1. The molecule has 0 radical (unpaired) electrons. The van der Waals surface area contributed by atoms with E-state index in [0.717, 1.165) is 28.2 Å². The SMILES string of the molecule is Cc1ccc(-c2nc3ccc(C)cn3c2CNC(=O)c2cccs2)cc1. The van der Waals surface area contributed by atoms with Gasteiger partial charge in [0.2, 0.25) is 0 Å². The highest BCUT2D eigenvalue weighted by Crippen LogP contribution is 2.25. The minimum atomic E-state index is -0.0579. The Balaban J connectivity index is 1.75. The van der Waals surface area contributed by atoms with Gasteiger partial charge in [-0.2, -0.15) is 0 Å². The molecule has 0 bridgehead atoms. The number of nitrogens with zero attached hydrogens (tertiary/aromatic N) is 2. The Morgan fingerprint density at radius 2 is 1.85 bits per heavy atom. The molecule has 1 amide bonds. The van der Waals surface area contributed by atoms with Gasteiger partial charge in [-0.25, -0.2) is 4.98 Å². The number of carbonyl (C=O) groups excluding carboxylic acids is 1. The number of aromatic nitrogens is 2. The van der Waals surface area contributed by atoms with Crippen molar-refractivity contribution in [2.24, 2.45) is 0 Å². The van der Waals surface area contributed by atoms with Gasteiger partial charge in [0, 0.05) is 11.8 Å². The topological polar surface area (TPSA) is 46.4 Å².